The summed E-state index contributed by atoms with van der Waals surface area (Å²) >= 11 is 4.24. The van der Waals surface area contributed by atoms with Crippen molar-refractivity contribution in [2.75, 3.05) is 12.4 Å². The van der Waals surface area contributed by atoms with Crippen LogP contribution in [0.5, 0.6) is 0 Å². The number of unbranched alkanes of at least 4 members (excludes halogenated alkanes) is 10. The molecule has 1 atom stereocenters. The lowest BCUT2D eigenvalue weighted by atomic mass is 9.92. The summed E-state index contributed by atoms with van der Waals surface area (Å²) in [5.41, 5.74) is 1.83. The van der Waals surface area contributed by atoms with E-state index in [9.17, 15) is 4.79 Å². The number of hydrogen-bond donors (Lipinski definition) is 1. The fourth-order valence-corrected chi connectivity index (χ4v) is 4.08. The first-order chi connectivity index (χ1) is 16.6. The molecular weight excluding hydrogens is 436 g/mol. The van der Waals surface area contributed by atoms with Crippen molar-refractivity contribution in [2.45, 2.75) is 110 Å². The lowest BCUT2D eigenvalue weighted by Crippen LogP contribution is -2.12. The molecule has 0 amide bonds. The van der Waals surface area contributed by atoms with E-state index in [1.54, 1.807) is 0 Å². The maximum Gasteiger partial charge on any atom is 0.333 e. The highest BCUT2D eigenvalue weighted by Gasteiger charge is 2.14. The van der Waals surface area contributed by atoms with E-state index in [4.69, 9.17) is 4.74 Å². The average molecular weight is 489 g/mol. The zero-order chi connectivity index (χ0) is 25.3. The normalized spacial score (nSPS) is 11.3. The van der Waals surface area contributed by atoms with E-state index in [0.717, 1.165) is 31.4 Å². The minimum absolute atomic E-state index is 0.179. The van der Waals surface area contributed by atoms with Gasteiger partial charge in [0.1, 0.15) is 0 Å². The lowest BCUT2D eigenvalue weighted by Gasteiger charge is -2.15. The highest BCUT2D eigenvalue weighted by atomic mass is 32.1. The second kappa shape index (κ2) is 24.6. The average Bonchev–Trinajstić information content (AvgIpc) is 2.87. The molecule has 0 aliphatic heterocycles. The highest BCUT2D eigenvalue weighted by molar-refractivity contribution is 7.80. The number of esters is 1. The van der Waals surface area contributed by atoms with Crippen molar-refractivity contribution in [1.82, 2.24) is 0 Å². The molecule has 0 spiro atoms. The van der Waals surface area contributed by atoms with Gasteiger partial charge in [-0.1, -0.05) is 140 Å². The van der Waals surface area contributed by atoms with E-state index in [0.29, 0.717) is 18.1 Å². The molecule has 1 aromatic carbocycles. The third-order valence-corrected chi connectivity index (χ3v) is 6.50. The summed E-state index contributed by atoms with van der Waals surface area (Å²) in [5.74, 6) is 1.42. The van der Waals surface area contributed by atoms with E-state index in [-0.39, 0.29) is 5.97 Å². The number of benzene rings is 1. The first kappa shape index (κ1) is 32.5. The van der Waals surface area contributed by atoms with Crippen molar-refractivity contribution in [2.24, 2.45) is 5.92 Å². The van der Waals surface area contributed by atoms with Gasteiger partial charge in [0.25, 0.3) is 0 Å². The fourth-order valence-electron chi connectivity index (χ4n) is 3.86. The van der Waals surface area contributed by atoms with Crippen LogP contribution in [0.1, 0.15) is 116 Å². The van der Waals surface area contributed by atoms with E-state index in [1.165, 1.54) is 76.2 Å². The van der Waals surface area contributed by atoms with Crippen molar-refractivity contribution < 1.29 is 9.53 Å². The number of carbonyl (C=O) groups is 1. The zero-order valence-electron chi connectivity index (χ0n) is 22.2. The van der Waals surface area contributed by atoms with Gasteiger partial charge < -0.3 is 4.74 Å². The fraction of sp³-hybridized carbons (Fsp3) is 0.645. The van der Waals surface area contributed by atoms with Gasteiger partial charge in [-0.05, 0) is 36.5 Å². The molecule has 0 saturated carbocycles. The van der Waals surface area contributed by atoms with Crippen LogP contribution >= 0.6 is 12.6 Å². The quantitative estimate of drug-likeness (QED) is 0.0855. The van der Waals surface area contributed by atoms with Gasteiger partial charge in [-0.25, -0.2) is 4.79 Å². The van der Waals surface area contributed by atoms with Crippen molar-refractivity contribution in [3.63, 3.8) is 0 Å². The summed E-state index contributed by atoms with van der Waals surface area (Å²) in [6.07, 6.45) is 20.1. The Morgan fingerprint density at radius 2 is 1.47 bits per heavy atom. The van der Waals surface area contributed by atoms with E-state index < -0.39 is 0 Å². The molecule has 0 bridgehead atoms. The molecule has 194 valence electrons. The Labute approximate surface area is 217 Å². The van der Waals surface area contributed by atoms with Crippen LogP contribution in [0.2, 0.25) is 0 Å². The van der Waals surface area contributed by atoms with E-state index in [1.807, 2.05) is 36.4 Å². The van der Waals surface area contributed by atoms with Crippen LogP contribution in [0, 0.1) is 5.92 Å². The summed E-state index contributed by atoms with van der Waals surface area (Å²) in [7, 11) is 0. The van der Waals surface area contributed by atoms with E-state index >= 15 is 0 Å². The number of carbonyl (C=O) groups excluding carboxylic acids is 1. The molecule has 0 saturated heterocycles. The van der Waals surface area contributed by atoms with Crippen molar-refractivity contribution >= 4 is 24.7 Å². The molecule has 34 heavy (non-hydrogen) atoms. The number of rotatable bonds is 20. The van der Waals surface area contributed by atoms with Crippen molar-refractivity contribution in [3.8, 4) is 0 Å². The minimum atomic E-state index is -0.179. The second-order valence-corrected chi connectivity index (χ2v) is 9.68. The summed E-state index contributed by atoms with van der Waals surface area (Å²) in [6.45, 7) is 12.5. The Morgan fingerprint density at radius 1 is 0.912 bits per heavy atom. The van der Waals surface area contributed by atoms with Gasteiger partial charge in [0.05, 0.1) is 6.61 Å². The Balaban J connectivity index is 0.00000113. The summed E-state index contributed by atoms with van der Waals surface area (Å²) in [5, 5.41) is 0. The first-order valence-electron chi connectivity index (χ1n) is 13.7. The Bertz CT molecular complexity index is 611. The van der Waals surface area contributed by atoms with Gasteiger partial charge in [-0.15, -0.1) is 0 Å². The smallest absolute Gasteiger partial charge is 0.333 e. The van der Waals surface area contributed by atoms with Crippen LogP contribution in [0.4, 0.5) is 0 Å². The van der Waals surface area contributed by atoms with Crippen LogP contribution in [0.15, 0.2) is 49.1 Å². The SMILES string of the molecule is C=C(CC(CC)CCCC)C(=O)OCCCCCCCCCCCCS.C=Cc1ccccc1. The molecule has 0 heterocycles. The molecule has 2 nitrogen and oxygen atoms in total. The number of thiol groups is 1. The summed E-state index contributed by atoms with van der Waals surface area (Å²) in [4.78, 5) is 12.0. The molecule has 1 aromatic rings. The van der Waals surface area contributed by atoms with Crippen LogP contribution in [0.3, 0.4) is 0 Å². The number of hydrogen-bond acceptors (Lipinski definition) is 3. The summed E-state index contributed by atoms with van der Waals surface area (Å²) in [6, 6.07) is 10.0. The lowest BCUT2D eigenvalue weighted by molar-refractivity contribution is -0.139. The van der Waals surface area contributed by atoms with Crippen LogP contribution in [-0.2, 0) is 9.53 Å². The number of ether oxygens (including phenoxy) is 1. The van der Waals surface area contributed by atoms with Gasteiger partial charge in [0.2, 0.25) is 0 Å². The van der Waals surface area contributed by atoms with Gasteiger partial charge in [0, 0.05) is 5.57 Å². The second-order valence-electron chi connectivity index (χ2n) is 9.23. The van der Waals surface area contributed by atoms with Crippen molar-refractivity contribution in [3.05, 3.63) is 54.6 Å². The minimum Gasteiger partial charge on any atom is -0.462 e. The van der Waals surface area contributed by atoms with Crippen LogP contribution in [0.25, 0.3) is 6.08 Å². The molecule has 0 N–H and O–H groups in total. The predicted molar refractivity (Wildman–Crippen MR) is 155 cm³/mol. The Kier molecular flexibility index (Phi) is 23.6. The maximum atomic E-state index is 12.0. The molecule has 0 fully saturated rings. The molecule has 0 aliphatic carbocycles. The third-order valence-electron chi connectivity index (χ3n) is 6.19. The monoisotopic (exact) mass is 488 g/mol. The van der Waals surface area contributed by atoms with Gasteiger partial charge in [-0.3, -0.25) is 0 Å². The molecule has 0 radical (unpaired) electrons. The van der Waals surface area contributed by atoms with Crippen LogP contribution < -0.4 is 0 Å². The largest absolute Gasteiger partial charge is 0.462 e. The van der Waals surface area contributed by atoms with Gasteiger partial charge in [-0.2, -0.15) is 12.6 Å². The summed E-state index contributed by atoms with van der Waals surface area (Å²) < 4.78 is 5.39. The molecule has 3 heteroatoms. The van der Waals surface area contributed by atoms with Crippen molar-refractivity contribution in [1.29, 1.82) is 0 Å². The highest BCUT2D eigenvalue weighted by Crippen LogP contribution is 2.21. The molecule has 0 aliphatic rings. The molecular formula is C31H52O2S. The zero-order valence-corrected chi connectivity index (χ0v) is 23.1. The van der Waals surface area contributed by atoms with Crippen LogP contribution in [-0.4, -0.2) is 18.3 Å². The molecule has 1 unspecified atom stereocenters. The molecule has 0 aromatic heterocycles. The van der Waals surface area contributed by atoms with E-state index in [2.05, 4.69) is 39.6 Å². The molecule has 1 rings (SSSR count). The predicted octanol–water partition coefficient (Wildman–Crippen LogP) is 9.85. The standard InChI is InChI=1S/C23H44O2S.C8H8/c1-4-6-17-22(5-2)20-21(3)23(24)25-18-15-13-11-9-7-8-10-12-14-16-19-26;1-2-8-6-4-3-5-7-8/h22,26H,3-20H2,1-2H3;2-7H,1H2. The third kappa shape index (κ3) is 19.9. The Hall–Kier alpha value is -1.48. The first-order valence-corrected chi connectivity index (χ1v) is 14.3. The topological polar surface area (TPSA) is 26.3 Å². The van der Waals surface area contributed by atoms with Gasteiger partial charge >= 0.3 is 5.97 Å². The van der Waals surface area contributed by atoms with Gasteiger partial charge in [0.15, 0.2) is 0 Å². The Morgan fingerprint density at radius 3 is 1.94 bits per heavy atom. The maximum absolute atomic E-state index is 12.0.